The predicted molar refractivity (Wildman–Crippen MR) is 80.7 cm³/mol. The van der Waals surface area contributed by atoms with Crippen molar-refractivity contribution < 1.29 is 4.74 Å². The van der Waals surface area contributed by atoms with Gasteiger partial charge in [0.1, 0.15) is 5.75 Å². The molecule has 0 unspecified atom stereocenters. The maximum Gasteiger partial charge on any atom is 0.144 e. The van der Waals surface area contributed by atoms with E-state index >= 15 is 0 Å². The van der Waals surface area contributed by atoms with Crippen molar-refractivity contribution in [1.29, 1.82) is 0 Å². The van der Waals surface area contributed by atoms with Gasteiger partial charge in [-0.15, -0.1) is 0 Å². The molecule has 2 rings (SSSR count). The number of ether oxygens (including phenoxy) is 1. The molecule has 1 aromatic carbocycles. The topological polar surface area (TPSA) is 50.5 Å². The van der Waals surface area contributed by atoms with Gasteiger partial charge < -0.3 is 20.7 Å². The summed E-state index contributed by atoms with van der Waals surface area (Å²) in [6.45, 7) is 9.53. The van der Waals surface area contributed by atoms with Crippen LogP contribution in [0.25, 0.3) is 0 Å². The van der Waals surface area contributed by atoms with Crippen LogP contribution < -0.4 is 15.8 Å². The first kappa shape index (κ1) is 14.0. The molecule has 1 aromatic rings. The van der Waals surface area contributed by atoms with Crippen molar-refractivity contribution >= 4 is 11.4 Å². The average molecular weight is 263 g/mol. The highest BCUT2D eigenvalue weighted by Crippen LogP contribution is 2.27. The van der Waals surface area contributed by atoms with Gasteiger partial charge in [0, 0.05) is 37.9 Å². The van der Waals surface area contributed by atoms with Crippen LogP contribution in [0.3, 0.4) is 0 Å². The smallest absolute Gasteiger partial charge is 0.144 e. The molecule has 106 valence electrons. The Morgan fingerprint density at radius 3 is 3.00 bits per heavy atom. The number of rotatable bonds is 2. The van der Waals surface area contributed by atoms with Crippen LogP contribution in [0.4, 0.5) is 11.4 Å². The van der Waals surface area contributed by atoms with Crippen molar-refractivity contribution in [3.8, 4) is 5.75 Å². The van der Waals surface area contributed by atoms with E-state index < -0.39 is 0 Å². The van der Waals surface area contributed by atoms with Crippen molar-refractivity contribution in [2.45, 2.75) is 20.3 Å². The Labute approximate surface area is 115 Å². The molecule has 0 spiro atoms. The second-order valence-electron chi connectivity index (χ2n) is 5.58. The lowest BCUT2D eigenvalue weighted by Crippen LogP contribution is -2.34. The summed E-state index contributed by atoms with van der Waals surface area (Å²) in [5.74, 6) is 1.58. The van der Waals surface area contributed by atoms with E-state index in [0.717, 1.165) is 56.3 Å². The number of benzene rings is 1. The Morgan fingerprint density at radius 2 is 2.21 bits per heavy atom. The Morgan fingerprint density at radius 1 is 1.37 bits per heavy atom. The molecule has 4 heteroatoms. The van der Waals surface area contributed by atoms with Gasteiger partial charge in [0.05, 0.1) is 12.3 Å². The first-order valence-corrected chi connectivity index (χ1v) is 7.13. The average Bonchev–Trinajstić information content (AvgIpc) is 2.36. The SMILES string of the molecule is CC(C)CN1CCCOc2cc(N)ccc2NCC1. The summed E-state index contributed by atoms with van der Waals surface area (Å²) in [6.07, 6.45) is 1.06. The van der Waals surface area contributed by atoms with Crippen molar-refractivity contribution in [3.05, 3.63) is 18.2 Å². The molecule has 0 amide bonds. The minimum Gasteiger partial charge on any atom is -0.491 e. The lowest BCUT2D eigenvalue weighted by molar-refractivity contribution is 0.219. The fraction of sp³-hybridized carbons (Fsp3) is 0.600. The van der Waals surface area contributed by atoms with Gasteiger partial charge in [0.25, 0.3) is 0 Å². The normalized spacial score (nSPS) is 17.4. The van der Waals surface area contributed by atoms with E-state index in [4.69, 9.17) is 10.5 Å². The van der Waals surface area contributed by atoms with Gasteiger partial charge in [0.15, 0.2) is 0 Å². The van der Waals surface area contributed by atoms with Crippen LogP contribution in [-0.4, -0.2) is 37.7 Å². The maximum atomic E-state index is 5.83. The third kappa shape index (κ3) is 4.31. The van der Waals surface area contributed by atoms with Gasteiger partial charge in [0.2, 0.25) is 0 Å². The van der Waals surface area contributed by atoms with E-state index in [-0.39, 0.29) is 0 Å². The number of hydrogen-bond donors (Lipinski definition) is 2. The second-order valence-corrected chi connectivity index (χ2v) is 5.58. The highest BCUT2D eigenvalue weighted by Gasteiger charge is 2.11. The Bertz CT molecular complexity index is 406. The molecule has 3 N–H and O–H groups in total. The van der Waals surface area contributed by atoms with Crippen LogP contribution in [0.1, 0.15) is 20.3 Å². The number of nitrogens with one attached hydrogen (secondary N) is 1. The summed E-state index contributed by atoms with van der Waals surface area (Å²) in [7, 11) is 0. The standard InChI is InChI=1S/C15H25N3O/c1-12(2)11-18-7-3-9-19-15-10-13(16)4-5-14(15)17-6-8-18/h4-5,10,12,17H,3,6-9,11,16H2,1-2H3. The van der Waals surface area contributed by atoms with E-state index in [1.165, 1.54) is 0 Å². The molecular weight excluding hydrogens is 238 g/mol. The second kappa shape index (κ2) is 6.66. The highest BCUT2D eigenvalue weighted by atomic mass is 16.5. The number of nitrogens with zero attached hydrogens (tertiary/aromatic N) is 1. The molecule has 1 heterocycles. The monoisotopic (exact) mass is 263 g/mol. The van der Waals surface area contributed by atoms with E-state index in [1.54, 1.807) is 0 Å². The van der Waals surface area contributed by atoms with Gasteiger partial charge >= 0.3 is 0 Å². The lowest BCUT2D eigenvalue weighted by Gasteiger charge is -2.26. The minimum atomic E-state index is 0.705. The van der Waals surface area contributed by atoms with E-state index in [2.05, 4.69) is 24.1 Å². The summed E-state index contributed by atoms with van der Waals surface area (Å²) >= 11 is 0. The predicted octanol–water partition coefficient (Wildman–Crippen LogP) is 2.42. The molecule has 1 aliphatic heterocycles. The lowest BCUT2D eigenvalue weighted by atomic mass is 10.2. The molecule has 0 fully saturated rings. The first-order chi connectivity index (χ1) is 9.15. The first-order valence-electron chi connectivity index (χ1n) is 7.13. The van der Waals surface area contributed by atoms with Gasteiger partial charge in [-0.3, -0.25) is 0 Å². The molecule has 0 radical (unpaired) electrons. The summed E-state index contributed by atoms with van der Waals surface area (Å²) in [5, 5.41) is 3.44. The molecule has 0 saturated heterocycles. The zero-order chi connectivity index (χ0) is 13.7. The fourth-order valence-corrected chi connectivity index (χ4v) is 2.43. The third-order valence-corrected chi connectivity index (χ3v) is 3.25. The minimum absolute atomic E-state index is 0.705. The van der Waals surface area contributed by atoms with Crippen molar-refractivity contribution in [1.82, 2.24) is 4.90 Å². The number of anilines is 2. The molecular formula is C15H25N3O. The van der Waals surface area contributed by atoms with E-state index in [9.17, 15) is 0 Å². The quantitative estimate of drug-likeness (QED) is 0.805. The van der Waals surface area contributed by atoms with Crippen LogP contribution in [0.2, 0.25) is 0 Å². The summed E-state index contributed by atoms with van der Waals surface area (Å²) in [5.41, 5.74) is 7.59. The van der Waals surface area contributed by atoms with Gasteiger partial charge in [-0.25, -0.2) is 0 Å². The highest BCUT2D eigenvalue weighted by molar-refractivity contribution is 5.62. The van der Waals surface area contributed by atoms with E-state index in [1.807, 2.05) is 18.2 Å². The molecule has 0 bridgehead atoms. The number of hydrogen-bond acceptors (Lipinski definition) is 4. The molecule has 0 aromatic heterocycles. The summed E-state index contributed by atoms with van der Waals surface area (Å²) in [4.78, 5) is 2.50. The molecule has 19 heavy (non-hydrogen) atoms. The summed E-state index contributed by atoms with van der Waals surface area (Å²) in [6, 6.07) is 5.81. The Kier molecular flexibility index (Phi) is 4.91. The maximum absolute atomic E-state index is 5.83. The van der Waals surface area contributed by atoms with Crippen LogP contribution in [0.15, 0.2) is 18.2 Å². The zero-order valence-corrected chi connectivity index (χ0v) is 12.0. The third-order valence-electron chi connectivity index (χ3n) is 3.25. The van der Waals surface area contributed by atoms with Gasteiger partial charge in [-0.1, -0.05) is 13.8 Å². The van der Waals surface area contributed by atoms with Crippen LogP contribution in [0, 0.1) is 5.92 Å². The Hall–Kier alpha value is -1.42. The summed E-state index contributed by atoms with van der Waals surface area (Å²) < 4.78 is 5.83. The molecule has 4 nitrogen and oxygen atoms in total. The molecule has 0 atom stereocenters. The van der Waals surface area contributed by atoms with Gasteiger partial charge in [-0.2, -0.15) is 0 Å². The van der Waals surface area contributed by atoms with Crippen LogP contribution in [-0.2, 0) is 0 Å². The zero-order valence-electron chi connectivity index (χ0n) is 12.0. The number of fused-ring (bicyclic) bond motifs is 1. The van der Waals surface area contributed by atoms with E-state index in [0.29, 0.717) is 5.92 Å². The Balaban J connectivity index is 2.01. The largest absolute Gasteiger partial charge is 0.491 e. The molecule has 0 aliphatic carbocycles. The fourth-order valence-electron chi connectivity index (χ4n) is 2.43. The number of nitrogen functional groups attached to an aromatic ring is 1. The van der Waals surface area contributed by atoms with Crippen molar-refractivity contribution in [3.63, 3.8) is 0 Å². The van der Waals surface area contributed by atoms with Gasteiger partial charge in [-0.05, 0) is 24.5 Å². The van der Waals surface area contributed by atoms with Crippen molar-refractivity contribution in [2.75, 3.05) is 43.8 Å². The number of nitrogens with two attached hydrogens (primary N) is 1. The van der Waals surface area contributed by atoms with Crippen LogP contribution >= 0.6 is 0 Å². The molecule has 0 saturated carbocycles. The molecule has 1 aliphatic rings. The van der Waals surface area contributed by atoms with Crippen LogP contribution in [0.5, 0.6) is 5.75 Å². The van der Waals surface area contributed by atoms with Crippen molar-refractivity contribution in [2.24, 2.45) is 5.92 Å².